The molecular formula is C16H18N4O2S. The van der Waals surface area contributed by atoms with Crippen molar-refractivity contribution in [3.63, 3.8) is 0 Å². The molecule has 23 heavy (non-hydrogen) atoms. The third kappa shape index (κ3) is 2.55. The van der Waals surface area contributed by atoms with Gasteiger partial charge in [-0.15, -0.1) is 0 Å². The lowest BCUT2D eigenvalue weighted by atomic mass is 9.96. The number of thiocarbonyl (C=S) groups is 1. The number of hydrogen-bond donors (Lipinski definition) is 3. The van der Waals surface area contributed by atoms with E-state index in [1.54, 1.807) is 24.3 Å². The average Bonchev–Trinajstić information content (AvgIpc) is 3.14. The Bertz CT molecular complexity index is 888. The average molecular weight is 330 g/mol. The van der Waals surface area contributed by atoms with Gasteiger partial charge in [0.2, 0.25) is 0 Å². The summed E-state index contributed by atoms with van der Waals surface area (Å²) in [4.78, 5) is 27.2. The van der Waals surface area contributed by atoms with Gasteiger partial charge in [0.05, 0.1) is 10.9 Å². The van der Waals surface area contributed by atoms with Crippen molar-refractivity contribution in [2.45, 2.75) is 31.7 Å². The molecule has 0 amide bonds. The van der Waals surface area contributed by atoms with Crippen LogP contribution >= 0.6 is 12.2 Å². The van der Waals surface area contributed by atoms with E-state index in [2.05, 4.69) is 15.7 Å². The highest BCUT2D eigenvalue weighted by Gasteiger charge is 2.39. The molecule has 2 bridgehead atoms. The number of fused-ring (bicyclic) bond motifs is 3. The molecule has 2 aliphatic carbocycles. The van der Waals surface area contributed by atoms with Crippen LogP contribution in [0.1, 0.15) is 25.7 Å². The van der Waals surface area contributed by atoms with Gasteiger partial charge in [-0.1, -0.05) is 18.6 Å². The molecule has 6 nitrogen and oxygen atoms in total. The van der Waals surface area contributed by atoms with Crippen molar-refractivity contribution in [2.75, 3.05) is 5.43 Å². The van der Waals surface area contributed by atoms with Crippen LogP contribution in [0, 0.1) is 11.8 Å². The summed E-state index contributed by atoms with van der Waals surface area (Å²) in [7, 11) is 0. The van der Waals surface area contributed by atoms with Gasteiger partial charge < -0.3 is 10.3 Å². The highest BCUT2D eigenvalue weighted by Crippen LogP contribution is 2.44. The largest absolute Gasteiger partial charge is 0.358 e. The molecule has 1 aromatic carbocycles. The Hall–Kier alpha value is -2.15. The van der Waals surface area contributed by atoms with Crippen LogP contribution in [0.4, 0.5) is 0 Å². The van der Waals surface area contributed by atoms with Crippen LogP contribution in [0.25, 0.3) is 10.9 Å². The smallest absolute Gasteiger partial charge is 0.348 e. The van der Waals surface area contributed by atoms with Gasteiger partial charge in [-0.25, -0.2) is 4.79 Å². The molecule has 0 saturated heterocycles. The third-order valence-electron chi connectivity index (χ3n) is 5.07. The second-order valence-corrected chi connectivity index (χ2v) is 6.89. The highest BCUT2D eigenvalue weighted by molar-refractivity contribution is 7.80. The van der Waals surface area contributed by atoms with E-state index < -0.39 is 11.2 Å². The molecule has 4 rings (SSSR count). The normalized spacial score (nSPS) is 25.7. The Kier molecular flexibility index (Phi) is 3.45. The lowest BCUT2D eigenvalue weighted by molar-refractivity contribution is 0.391. The number of aromatic amines is 1. The lowest BCUT2D eigenvalue weighted by Crippen LogP contribution is -2.49. The molecule has 1 aromatic heterocycles. The summed E-state index contributed by atoms with van der Waals surface area (Å²) in [6.45, 7) is 0. The van der Waals surface area contributed by atoms with E-state index >= 15 is 0 Å². The van der Waals surface area contributed by atoms with Crippen molar-refractivity contribution >= 4 is 28.2 Å². The van der Waals surface area contributed by atoms with E-state index in [4.69, 9.17) is 12.2 Å². The second kappa shape index (κ2) is 5.49. The Morgan fingerprint density at radius 1 is 1.22 bits per heavy atom. The predicted molar refractivity (Wildman–Crippen MR) is 93.2 cm³/mol. The summed E-state index contributed by atoms with van der Waals surface area (Å²) in [6, 6.07) is 7.27. The van der Waals surface area contributed by atoms with Crippen molar-refractivity contribution in [1.82, 2.24) is 15.0 Å². The topological polar surface area (TPSA) is 78.9 Å². The third-order valence-corrected chi connectivity index (χ3v) is 5.28. The van der Waals surface area contributed by atoms with E-state index in [1.807, 2.05) is 0 Å². The molecule has 0 unspecified atom stereocenters. The van der Waals surface area contributed by atoms with Gasteiger partial charge in [-0.05, 0) is 55.4 Å². The van der Waals surface area contributed by atoms with Crippen molar-refractivity contribution in [3.8, 4) is 0 Å². The molecule has 2 saturated carbocycles. The van der Waals surface area contributed by atoms with Gasteiger partial charge in [0.15, 0.2) is 5.11 Å². The summed E-state index contributed by atoms with van der Waals surface area (Å²) in [5.41, 5.74) is 2.33. The maximum atomic E-state index is 12.4. The molecule has 120 valence electrons. The first-order valence-electron chi connectivity index (χ1n) is 7.93. The number of H-pyrrole nitrogens is 1. The second-order valence-electron chi connectivity index (χ2n) is 6.48. The Balaban J connectivity index is 1.56. The molecule has 2 aliphatic rings. The van der Waals surface area contributed by atoms with Crippen molar-refractivity contribution in [2.24, 2.45) is 11.8 Å². The first-order chi connectivity index (χ1) is 11.1. The Labute approximate surface area is 137 Å². The summed E-state index contributed by atoms with van der Waals surface area (Å²) in [6.07, 6.45) is 4.93. The molecule has 7 heteroatoms. The lowest BCUT2D eigenvalue weighted by Gasteiger charge is -2.24. The first kappa shape index (κ1) is 14.4. The number of para-hydroxylation sites is 1. The molecule has 0 aliphatic heterocycles. The zero-order chi connectivity index (χ0) is 16.0. The molecular weight excluding hydrogens is 312 g/mol. The maximum absolute atomic E-state index is 12.4. The molecule has 0 spiro atoms. The van der Waals surface area contributed by atoms with Crippen molar-refractivity contribution < 1.29 is 0 Å². The fraction of sp³-hybridized carbons (Fsp3) is 0.438. The molecule has 2 aromatic rings. The van der Waals surface area contributed by atoms with Crippen LogP contribution in [0.3, 0.4) is 0 Å². The molecule has 1 heterocycles. The summed E-state index contributed by atoms with van der Waals surface area (Å²) < 4.78 is 0.935. The maximum Gasteiger partial charge on any atom is 0.348 e. The van der Waals surface area contributed by atoms with Gasteiger partial charge in [0, 0.05) is 6.04 Å². The van der Waals surface area contributed by atoms with Gasteiger partial charge in [-0.2, -0.15) is 4.68 Å². The van der Waals surface area contributed by atoms with Gasteiger partial charge in [-0.3, -0.25) is 10.2 Å². The standard InChI is InChI=1S/C16H18N4O2S/c21-14-11-3-1-2-4-12(11)18-16(22)20(14)19-15(23)17-13-8-9-5-6-10(13)7-9/h1-4,9-10,13H,5-8H2,(H,18,22)(H2,17,19,23)/t9-,10-,13-/m0/s1. The number of nitrogens with zero attached hydrogens (tertiary/aromatic N) is 1. The monoisotopic (exact) mass is 330 g/mol. The molecule has 3 atom stereocenters. The van der Waals surface area contributed by atoms with Crippen LogP contribution in [-0.2, 0) is 0 Å². The Morgan fingerprint density at radius 2 is 2.04 bits per heavy atom. The van der Waals surface area contributed by atoms with Gasteiger partial charge in [0.25, 0.3) is 5.56 Å². The van der Waals surface area contributed by atoms with Crippen LogP contribution < -0.4 is 22.0 Å². The number of aromatic nitrogens is 2. The van der Waals surface area contributed by atoms with Crippen LogP contribution in [0.15, 0.2) is 33.9 Å². The highest BCUT2D eigenvalue weighted by atomic mass is 32.1. The first-order valence-corrected chi connectivity index (χ1v) is 8.34. The van der Waals surface area contributed by atoms with E-state index in [0.29, 0.717) is 28.0 Å². The predicted octanol–water partition coefficient (Wildman–Crippen LogP) is 1.30. The number of benzene rings is 1. The van der Waals surface area contributed by atoms with Crippen molar-refractivity contribution in [1.29, 1.82) is 0 Å². The quantitative estimate of drug-likeness (QED) is 0.723. The van der Waals surface area contributed by atoms with E-state index in [-0.39, 0.29) is 0 Å². The van der Waals surface area contributed by atoms with E-state index in [9.17, 15) is 9.59 Å². The molecule has 3 N–H and O–H groups in total. The SMILES string of the molecule is O=c1[nH]c2ccccc2c(=O)n1NC(=S)N[C@H]1C[C@H]2CC[C@H]1C2. The molecule has 0 radical (unpaired) electrons. The minimum atomic E-state index is -0.522. The summed E-state index contributed by atoms with van der Waals surface area (Å²) >= 11 is 5.30. The number of rotatable bonds is 2. The number of hydrogen-bond acceptors (Lipinski definition) is 3. The summed E-state index contributed by atoms with van der Waals surface area (Å²) in [5, 5.41) is 4.04. The van der Waals surface area contributed by atoms with Crippen LogP contribution in [0.5, 0.6) is 0 Å². The summed E-state index contributed by atoms with van der Waals surface area (Å²) in [5.74, 6) is 1.46. The van der Waals surface area contributed by atoms with Crippen LogP contribution in [0.2, 0.25) is 0 Å². The van der Waals surface area contributed by atoms with Crippen LogP contribution in [-0.4, -0.2) is 20.8 Å². The fourth-order valence-electron chi connectivity index (χ4n) is 3.99. The van der Waals surface area contributed by atoms with Gasteiger partial charge in [0.1, 0.15) is 0 Å². The van der Waals surface area contributed by atoms with Gasteiger partial charge >= 0.3 is 5.69 Å². The zero-order valence-corrected chi connectivity index (χ0v) is 13.4. The Morgan fingerprint density at radius 3 is 2.78 bits per heavy atom. The minimum absolute atomic E-state index is 0.324. The number of nitrogens with one attached hydrogen (secondary N) is 3. The fourth-order valence-corrected chi connectivity index (χ4v) is 4.23. The molecule has 2 fully saturated rings. The van der Waals surface area contributed by atoms with E-state index in [0.717, 1.165) is 17.0 Å². The van der Waals surface area contributed by atoms with Crippen molar-refractivity contribution in [3.05, 3.63) is 45.1 Å². The zero-order valence-electron chi connectivity index (χ0n) is 12.5. The van der Waals surface area contributed by atoms with E-state index in [1.165, 1.54) is 19.3 Å². The minimum Gasteiger partial charge on any atom is -0.358 e.